The van der Waals surface area contributed by atoms with Crippen LogP contribution < -0.4 is 9.64 Å². The number of carbonyl (C=O) groups excluding carboxylic acids is 2. The highest BCUT2D eigenvalue weighted by molar-refractivity contribution is 8.00. The number of halogens is 1. The Morgan fingerprint density at radius 3 is 2.61 bits per heavy atom. The molecule has 1 atom stereocenters. The number of ether oxygens (including phenoxy) is 1. The molecular weight excluding hydrogens is 598 g/mol. The zero-order valence-corrected chi connectivity index (χ0v) is 25.2. The average molecular weight is 624 g/mol. The lowest BCUT2D eigenvalue weighted by Crippen LogP contribution is -2.29. The largest absolute Gasteiger partial charge is 0.507 e. The van der Waals surface area contributed by atoms with Crippen LogP contribution in [0, 0.1) is 12.7 Å². The van der Waals surface area contributed by atoms with Crippen molar-refractivity contribution in [3.8, 4) is 5.75 Å². The fourth-order valence-corrected chi connectivity index (χ4v) is 6.93. The fourth-order valence-electron chi connectivity index (χ4n) is 5.06. The number of aryl methyl sites for hydroxylation is 1. The number of nitrogens with zero attached hydrogens (tertiary/aromatic N) is 3. The van der Waals surface area contributed by atoms with E-state index < -0.39 is 29.3 Å². The summed E-state index contributed by atoms with van der Waals surface area (Å²) in [5.41, 5.74) is 1.97. The molecule has 1 saturated heterocycles. The van der Waals surface area contributed by atoms with Gasteiger partial charge in [0.2, 0.25) is 5.13 Å². The van der Waals surface area contributed by atoms with Gasteiger partial charge in [0.15, 0.2) is 4.34 Å². The number of anilines is 1. The van der Waals surface area contributed by atoms with Gasteiger partial charge in [-0.2, -0.15) is 0 Å². The van der Waals surface area contributed by atoms with E-state index >= 15 is 0 Å². The number of hydrogen-bond acceptors (Lipinski definition) is 8. The molecule has 0 aliphatic carbocycles. The van der Waals surface area contributed by atoms with Crippen LogP contribution in [-0.2, 0) is 15.3 Å². The molecule has 1 amide bonds. The lowest BCUT2D eigenvalue weighted by atomic mass is 9.95. The second kappa shape index (κ2) is 12.4. The van der Waals surface area contributed by atoms with Gasteiger partial charge in [0, 0.05) is 11.3 Å². The van der Waals surface area contributed by atoms with Crippen molar-refractivity contribution in [2.24, 2.45) is 0 Å². The van der Waals surface area contributed by atoms with Crippen LogP contribution >= 0.6 is 23.1 Å². The molecule has 7 nitrogen and oxygen atoms in total. The summed E-state index contributed by atoms with van der Waals surface area (Å²) in [6.45, 7) is 5.55. The molecule has 0 radical (unpaired) electrons. The molecule has 1 aromatic heterocycles. The lowest BCUT2D eigenvalue weighted by molar-refractivity contribution is -0.132. The summed E-state index contributed by atoms with van der Waals surface area (Å²) in [6.07, 6.45) is 1.62. The van der Waals surface area contributed by atoms with Gasteiger partial charge in [-0.3, -0.25) is 14.5 Å². The third-order valence-electron chi connectivity index (χ3n) is 7.29. The molecule has 1 N–H and O–H groups in total. The molecule has 44 heavy (non-hydrogen) atoms. The number of hydrogen-bond donors (Lipinski definition) is 1. The molecule has 220 valence electrons. The first-order valence-electron chi connectivity index (χ1n) is 13.7. The van der Waals surface area contributed by atoms with E-state index in [1.54, 1.807) is 37.3 Å². The molecule has 1 fully saturated rings. The minimum absolute atomic E-state index is 0.0885. The minimum Gasteiger partial charge on any atom is -0.507 e. The molecule has 0 spiro atoms. The zero-order chi connectivity index (χ0) is 30.8. The van der Waals surface area contributed by atoms with Crippen LogP contribution in [0.1, 0.15) is 28.3 Å². The molecule has 0 unspecified atom stereocenters. The van der Waals surface area contributed by atoms with E-state index in [9.17, 15) is 19.1 Å². The van der Waals surface area contributed by atoms with Gasteiger partial charge in [0.05, 0.1) is 11.6 Å². The van der Waals surface area contributed by atoms with Crippen LogP contribution in [-0.4, -0.2) is 33.6 Å². The van der Waals surface area contributed by atoms with E-state index in [4.69, 9.17) is 4.74 Å². The molecule has 6 rings (SSSR count). The van der Waals surface area contributed by atoms with Gasteiger partial charge in [-0.25, -0.2) is 4.39 Å². The summed E-state index contributed by atoms with van der Waals surface area (Å²) in [7, 11) is 0. The predicted molar refractivity (Wildman–Crippen MR) is 171 cm³/mol. The van der Waals surface area contributed by atoms with Crippen LogP contribution in [0.4, 0.5) is 9.52 Å². The third-order valence-corrected chi connectivity index (χ3v) is 9.39. The summed E-state index contributed by atoms with van der Waals surface area (Å²) in [6, 6.07) is 24.2. The normalized spacial score (nSPS) is 16.0. The Labute approximate surface area is 261 Å². The quantitative estimate of drug-likeness (QED) is 0.0451. The highest BCUT2D eigenvalue weighted by atomic mass is 32.2. The smallest absolute Gasteiger partial charge is 0.301 e. The number of aromatic nitrogens is 2. The SMILES string of the molecule is C=CCOc1ccc([C@H]2C(=C(O)c3ccc(C)c(F)c3)C(=O)C(=O)N2c2nnc(SCc3cccc4ccccc34)s2)cc1. The van der Waals surface area contributed by atoms with Gasteiger partial charge in [-0.15, -0.1) is 10.2 Å². The number of Topliss-reactive ketones (excluding diaryl/α,β-unsaturated/α-hetero) is 1. The Kier molecular flexibility index (Phi) is 8.28. The average Bonchev–Trinajstić information content (AvgIpc) is 3.61. The Balaban J connectivity index is 1.37. The van der Waals surface area contributed by atoms with Gasteiger partial charge < -0.3 is 9.84 Å². The minimum atomic E-state index is -1.03. The van der Waals surface area contributed by atoms with Gasteiger partial charge in [0.1, 0.15) is 23.9 Å². The van der Waals surface area contributed by atoms with Crippen LogP contribution in [0.25, 0.3) is 16.5 Å². The molecule has 4 aromatic carbocycles. The fraction of sp³-hybridized carbons (Fsp3) is 0.118. The number of rotatable bonds is 9. The van der Waals surface area contributed by atoms with Crippen molar-refractivity contribution in [2.45, 2.75) is 23.1 Å². The standard InChI is InChI=1S/C34H26FN3O4S2/c1-3-17-42-25-15-13-22(14-16-25)29-28(30(39)23-12-11-20(2)27(35)18-23)31(40)32(41)38(29)33-36-37-34(44-33)43-19-24-9-6-8-21-7-4-5-10-26(21)24/h3-16,18,29,39H,1,17,19H2,2H3/t29-/m0/s1. The summed E-state index contributed by atoms with van der Waals surface area (Å²) in [5.74, 6) is -1.59. The highest BCUT2D eigenvalue weighted by Crippen LogP contribution is 2.44. The Morgan fingerprint density at radius 1 is 1.07 bits per heavy atom. The van der Waals surface area contributed by atoms with E-state index in [0.717, 1.165) is 22.4 Å². The summed E-state index contributed by atoms with van der Waals surface area (Å²) < 4.78 is 20.7. The van der Waals surface area contributed by atoms with Crippen molar-refractivity contribution < 1.29 is 23.8 Å². The first-order chi connectivity index (χ1) is 21.4. The van der Waals surface area contributed by atoms with Crippen LogP contribution in [0.2, 0.25) is 0 Å². The summed E-state index contributed by atoms with van der Waals surface area (Å²) in [5, 5.41) is 22.4. The topological polar surface area (TPSA) is 92.6 Å². The monoisotopic (exact) mass is 623 g/mol. The molecule has 1 aliphatic heterocycles. The molecule has 5 aromatic rings. The van der Waals surface area contributed by atoms with Gasteiger partial charge in [-0.1, -0.05) is 102 Å². The summed E-state index contributed by atoms with van der Waals surface area (Å²) >= 11 is 2.66. The molecule has 0 bridgehead atoms. The Bertz CT molecular complexity index is 1930. The molecule has 2 heterocycles. The maximum atomic E-state index is 14.5. The van der Waals surface area contributed by atoms with Crippen molar-refractivity contribution in [3.63, 3.8) is 0 Å². The zero-order valence-electron chi connectivity index (χ0n) is 23.6. The maximum absolute atomic E-state index is 14.5. The molecule has 1 aliphatic rings. The van der Waals surface area contributed by atoms with E-state index in [2.05, 4.69) is 41.0 Å². The van der Waals surface area contributed by atoms with Crippen LogP contribution in [0.15, 0.2) is 107 Å². The number of ketones is 1. The number of aliphatic hydroxyl groups excluding tert-OH is 1. The predicted octanol–water partition coefficient (Wildman–Crippen LogP) is 7.62. The number of thioether (sulfide) groups is 1. The van der Waals surface area contributed by atoms with E-state index in [0.29, 0.717) is 33.6 Å². The first-order valence-corrected chi connectivity index (χ1v) is 15.5. The van der Waals surface area contributed by atoms with Gasteiger partial charge >= 0.3 is 5.91 Å². The first kappa shape index (κ1) is 29.3. The summed E-state index contributed by atoms with van der Waals surface area (Å²) in [4.78, 5) is 28.3. The van der Waals surface area contributed by atoms with Gasteiger partial charge in [0.25, 0.3) is 5.78 Å². The Hall–Kier alpha value is -4.80. The van der Waals surface area contributed by atoms with Gasteiger partial charge in [-0.05, 0) is 52.6 Å². The number of aliphatic hydroxyl groups is 1. The number of carbonyl (C=O) groups is 2. The Morgan fingerprint density at radius 2 is 1.84 bits per heavy atom. The van der Waals surface area contributed by atoms with Crippen LogP contribution in [0.3, 0.4) is 0 Å². The van der Waals surface area contributed by atoms with E-state index in [-0.39, 0.29) is 16.3 Å². The molecular formula is C34H26FN3O4S2. The van der Waals surface area contributed by atoms with E-state index in [1.165, 1.54) is 40.1 Å². The molecule has 0 saturated carbocycles. The van der Waals surface area contributed by atoms with Crippen molar-refractivity contribution in [3.05, 3.63) is 131 Å². The van der Waals surface area contributed by atoms with Crippen molar-refractivity contribution in [1.82, 2.24) is 10.2 Å². The number of benzene rings is 4. The maximum Gasteiger partial charge on any atom is 0.301 e. The van der Waals surface area contributed by atoms with Crippen molar-refractivity contribution in [2.75, 3.05) is 11.5 Å². The second-order valence-electron chi connectivity index (χ2n) is 10.1. The van der Waals surface area contributed by atoms with E-state index in [1.807, 2.05) is 18.2 Å². The van der Waals surface area contributed by atoms with Crippen LogP contribution in [0.5, 0.6) is 5.75 Å². The third kappa shape index (κ3) is 5.61. The number of amides is 1. The second-order valence-corrected chi connectivity index (χ2v) is 12.3. The van der Waals surface area contributed by atoms with Crippen molar-refractivity contribution >= 4 is 56.5 Å². The van der Waals surface area contributed by atoms with Crippen molar-refractivity contribution in [1.29, 1.82) is 0 Å². The lowest BCUT2D eigenvalue weighted by Gasteiger charge is -2.22. The molecule has 10 heteroatoms. The highest BCUT2D eigenvalue weighted by Gasteiger charge is 2.48. The number of fused-ring (bicyclic) bond motifs is 1.